The van der Waals surface area contributed by atoms with Crippen molar-refractivity contribution in [3.8, 4) is 0 Å². The molecule has 0 N–H and O–H groups in total. The zero-order valence-corrected chi connectivity index (χ0v) is 6.64. The van der Waals surface area contributed by atoms with Gasteiger partial charge in [-0.2, -0.15) is 0 Å². The molecule has 0 saturated heterocycles. The Morgan fingerprint density at radius 2 is 2.10 bits per heavy atom. The summed E-state index contributed by atoms with van der Waals surface area (Å²) < 4.78 is 1.52. The van der Waals surface area contributed by atoms with Crippen LogP contribution in [0.4, 0.5) is 0 Å². The van der Waals surface area contributed by atoms with E-state index in [-0.39, 0.29) is 5.56 Å². The van der Waals surface area contributed by atoms with Gasteiger partial charge in [0.05, 0.1) is 5.02 Å². The third kappa shape index (κ3) is 1.07. The summed E-state index contributed by atoms with van der Waals surface area (Å²) in [5, 5.41) is 0.627. The van der Waals surface area contributed by atoms with E-state index in [1.54, 1.807) is 13.1 Å². The van der Waals surface area contributed by atoms with Crippen LogP contribution in [0, 0.1) is 6.92 Å². The molecule has 0 aromatic carbocycles. The summed E-state index contributed by atoms with van der Waals surface area (Å²) in [4.78, 5) is 10.9. The Morgan fingerprint density at radius 3 is 2.60 bits per heavy atom. The molecule has 0 atom stereocenters. The van der Waals surface area contributed by atoms with E-state index in [0.717, 1.165) is 5.69 Å². The van der Waals surface area contributed by atoms with Crippen LogP contribution in [0.25, 0.3) is 0 Å². The normalized spacial score (nSPS) is 9.90. The Labute approximate surface area is 64.1 Å². The number of pyridine rings is 1. The third-order valence-electron chi connectivity index (χ3n) is 1.55. The summed E-state index contributed by atoms with van der Waals surface area (Å²) in [7, 11) is 1.70. The van der Waals surface area contributed by atoms with Crippen LogP contribution in [0.5, 0.6) is 0 Å². The van der Waals surface area contributed by atoms with Crippen LogP contribution in [-0.2, 0) is 7.05 Å². The SMILES string of the molecule is Cc1c(Cl)ccc(=O)n1C. The molecule has 0 bridgehead atoms. The smallest absolute Gasteiger partial charge is 0.250 e. The predicted molar refractivity (Wildman–Crippen MR) is 41.4 cm³/mol. The number of hydrogen-bond acceptors (Lipinski definition) is 1. The van der Waals surface area contributed by atoms with Gasteiger partial charge in [0.25, 0.3) is 5.56 Å². The maximum Gasteiger partial charge on any atom is 0.250 e. The highest BCUT2D eigenvalue weighted by molar-refractivity contribution is 6.31. The molecular formula is C7H8ClNO. The molecule has 1 rings (SSSR count). The lowest BCUT2D eigenvalue weighted by atomic mass is 10.4. The highest BCUT2D eigenvalue weighted by Gasteiger charge is 1.97. The van der Waals surface area contributed by atoms with Crippen LogP contribution in [0.15, 0.2) is 16.9 Å². The molecule has 10 heavy (non-hydrogen) atoms. The van der Waals surface area contributed by atoms with Gasteiger partial charge in [-0.05, 0) is 13.0 Å². The summed E-state index contributed by atoms with van der Waals surface area (Å²) in [5.74, 6) is 0. The molecule has 0 saturated carbocycles. The van der Waals surface area contributed by atoms with Crippen molar-refractivity contribution < 1.29 is 0 Å². The Bertz CT molecular complexity index is 303. The van der Waals surface area contributed by atoms with Gasteiger partial charge in [0.2, 0.25) is 0 Å². The van der Waals surface area contributed by atoms with Crippen molar-refractivity contribution in [1.29, 1.82) is 0 Å². The molecule has 0 unspecified atom stereocenters. The van der Waals surface area contributed by atoms with E-state index in [0.29, 0.717) is 5.02 Å². The van der Waals surface area contributed by atoms with Crippen LogP contribution in [0.3, 0.4) is 0 Å². The zero-order chi connectivity index (χ0) is 7.72. The first kappa shape index (κ1) is 7.35. The maximum absolute atomic E-state index is 10.9. The number of hydrogen-bond donors (Lipinski definition) is 0. The van der Waals surface area contributed by atoms with Crippen molar-refractivity contribution in [3.05, 3.63) is 33.2 Å². The van der Waals surface area contributed by atoms with Crippen LogP contribution < -0.4 is 5.56 Å². The molecule has 0 aliphatic heterocycles. The summed E-state index contributed by atoms with van der Waals surface area (Å²) >= 11 is 5.73. The number of rotatable bonds is 0. The fourth-order valence-corrected chi connectivity index (χ4v) is 0.892. The minimum absolute atomic E-state index is 0.0260. The monoisotopic (exact) mass is 157 g/mol. The molecule has 0 radical (unpaired) electrons. The topological polar surface area (TPSA) is 22.0 Å². The average Bonchev–Trinajstić information content (AvgIpc) is 1.93. The van der Waals surface area contributed by atoms with Gasteiger partial charge in [-0.25, -0.2) is 0 Å². The van der Waals surface area contributed by atoms with Gasteiger partial charge in [0, 0.05) is 18.8 Å². The summed E-state index contributed by atoms with van der Waals surface area (Å²) in [6.45, 7) is 1.81. The Morgan fingerprint density at radius 1 is 1.50 bits per heavy atom. The van der Waals surface area contributed by atoms with E-state index in [2.05, 4.69) is 0 Å². The Balaban J connectivity index is 3.49. The Kier molecular flexibility index (Phi) is 1.81. The van der Waals surface area contributed by atoms with Crippen LogP contribution in [-0.4, -0.2) is 4.57 Å². The molecular weight excluding hydrogens is 150 g/mol. The largest absolute Gasteiger partial charge is 0.315 e. The van der Waals surface area contributed by atoms with Crippen molar-refractivity contribution in [1.82, 2.24) is 4.57 Å². The van der Waals surface area contributed by atoms with Gasteiger partial charge < -0.3 is 4.57 Å². The fraction of sp³-hybridized carbons (Fsp3) is 0.286. The van der Waals surface area contributed by atoms with E-state index in [1.807, 2.05) is 6.92 Å². The summed E-state index contributed by atoms with van der Waals surface area (Å²) in [6.07, 6.45) is 0. The van der Waals surface area contributed by atoms with E-state index in [9.17, 15) is 4.79 Å². The van der Waals surface area contributed by atoms with Crippen molar-refractivity contribution in [2.75, 3.05) is 0 Å². The minimum atomic E-state index is -0.0260. The molecule has 1 heterocycles. The number of nitrogens with zero attached hydrogens (tertiary/aromatic N) is 1. The van der Waals surface area contributed by atoms with Gasteiger partial charge >= 0.3 is 0 Å². The first-order chi connectivity index (χ1) is 4.63. The molecule has 1 aromatic heterocycles. The second-order valence-corrected chi connectivity index (χ2v) is 2.57. The minimum Gasteiger partial charge on any atom is -0.315 e. The van der Waals surface area contributed by atoms with Crippen LogP contribution in [0.1, 0.15) is 5.69 Å². The van der Waals surface area contributed by atoms with E-state index < -0.39 is 0 Å². The van der Waals surface area contributed by atoms with Gasteiger partial charge in [0.1, 0.15) is 0 Å². The van der Waals surface area contributed by atoms with Crippen molar-refractivity contribution in [2.24, 2.45) is 7.05 Å². The first-order valence-electron chi connectivity index (χ1n) is 2.95. The lowest BCUT2D eigenvalue weighted by Crippen LogP contribution is -2.17. The fourth-order valence-electron chi connectivity index (χ4n) is 0.702. The molecule has 0 aliphatic rings. The first-order valence-corrected chi connectivity index (χ1v) is 3.33. The quantitative estimate of drug-likeness (QED) is 0.557. The molecule has 54 valence electrons. The van der Waals surface area contributed by atoms with Crippen LogP contribution >= 0.6 is 11.6 Å². The molecule has 1 aromatic rings. The lowest BCUT2D eigenvalue weighted by molar-refractivity contribution is 0.819. The van der Waals surface area contributed by atoms with Crippen LogP contribution in [0.2, 0.25) is 5.02 Å². The highest BCUT2D eigenvalue weighted by Crippen LogP contribution is 2.09. The summed E-state index contributed by atoms with van der Waals surface area (Å²) in [5.41, 5.74) is 0.774. The number of halogens is 1. The summed E-state index contributed by atoms with van der Waals surface area (Å²) in [6, 6.07) is 3.06. The van der Waals surface area contributed by atoms with Gasteiger partial charge in [-0.1, -0.05) is 11.6 Å². The second kappa shape index (κ2) is 2.46. The standard InChI is InChI=1S/C7H8ClNO/c1-5-6(8)3-4-7(10)9(5)2/h3-4H,1-2H3. The van der Waals surface area contributed by atoms with Gasteiger partial charge in [0.15, 0.2) is 0 Å². The van der Waals surface area contributed by atoms with E-state index in [4.69, 9.17) is 11.6 Å². The lowest BCUT2D eigenvalue weighted by Gasteiger charge is -2.02. The van der Waals surface area contributed by atoms with Crippen molar-refractivity contribution in [3.63, 3.8) is 0 Å². The predicted octanol–water partition coefficient (Wildman–Crippen LogP) is 1.35. The Hall–Kier alpha value is -0.760. The molecule has 0 amide bonds. The maximum atomic E-state index is 10.9. The molecule has 0 spiro atoms. The molecule has 2 nitrogen and oxygen atoms in total. The van der Waals surface area contributed by atoms with Gasteiger partial charge in [-0.15, -0.1) is 0 Å². The molecule has 0 aliphatic carbocycles. The highest BCUT2D eigenvalue weighted by atomic mass is 35.5. The zero-order valence-electron chi connectivity index (χ0n) is 5.89. The molecule has 3 heteroatoms. The van der Waals surface area contributed by atoms with E-state index in [1.165, 1.54) is 10.6 Å². The van der Waals surface area contributed by atoms with Crippen molar-refractivity contribution >= 4 is 11.6 Å². The average molecular weight is 158 g/mol. The third-order valence-corrected chi connectivity index (χ3v) is 1.95. The van der Waals surface area contributed by atoms with Crippen molar-refractivity contribution in [2.45, 2.75) is 6.92 Å². The second-order valence-electron chi connectivity index (χ2n) is 2.16. The molecule has 0 fully saturated rings. The van der Waals surface area contributed by atoms with Gasteiger partial charge in [-0.3, -0.25) is 4.79 Å². The van der Waals surface area contributed by atoms with E-state index >= 15 is 0 Å². The number of aromatic nitrogens is 1.